The topological polar surface area (TPSA) is 77.1 Å². The first-order valence-electron chi connectivity index (χ1n) is 9.05. The number of likely N-dealkylation sites (N-methyl/N-ethyl adjacent to an activating group) is 1. The van der Waals surface area contributed by atoms with E-state index in [0.717, 1.165) is 5.56 Å². The average molecular weight is 384 g/mol. The first-order valence-corrected chi connectivity index (χ1v) is 9.05. The van der Waals surface area contributed by atoms with Gasteiger partial charge in [0.05, 0.1) is 26.5 Å². The molecule has 7 heteroatoms. The summed E-state index contributed by atoms with van der Waals surface area (Å²) in [6.45, 7) is 0.178. The van der Waals surface area contributed by atoms with Crippen molar-refractivity contribution in [1.82, 2.24) is 5.32 Å². The van der Waals surface area contributed by atoms with Crippen LogP contribution in [0.1, 0.15) is 12.0 Å². The minimum absolute atomic E-state index is 0.0774. The number of rotatable bonds is 6. The molecule has 0 aromatic heterocycles. The lowest BCUT2D eigenvalue weighted by Gasteiger charge is -2.34. The Labute approximate surface area is 164 Å². The molecule has 2 aromatic rings. The molecule has 1 N–H and O–H groups in total. The predicted octanol–water partition coefficient (Wildman–Crippen LogP) is 2.18. The molecule has 7 nitrogen and oxygen atoms in total. The van der Waals surface area contributed by atoms with Gasteiger partial charge in [0.2, 0.25) is 5.91 Å². The number of hydrogen-bond acceptors (Lipinski definition) is 5. The van der Waals surface area contributed by atoms with Crippen LogP contribution in [0.25, 0.3) is 0 Å². The maximum absolute atomic E-state index is 13.0. The molecule has 1 aliphatic heterocycles. The van der Waals surface area contributed by atoms with E-state index in [0.29, 0.717) is 29.4 Å². The van der Waals surface area contributed by atoms with Gasteiger partial charge in [0, 0.05) is 19.5 Å². The van der Waals surface area contributed by atoms with E-state index >= 15 is 0 Å². The fraction of sp³-hybridized carbons (Fsp3) is 0.333. The summed E-state index contributed by atoms with van der Waals surface area (Å²) in [7, 11) is 4.73. The monoisotopic (exact) mass is 384 g/mol. The number of carbonyl (C=O) groups excluding carboxylic acids is 2. The van der Waals surface area contributed by atoms with Gasteiger partial charge in [-0.1, -0.05) is 12.1 Å². The smallest absolute Gasteiger partial charge is 0.262 e. The maximum Gasteiger partial charge on any atom is 0.262 e. The van der Waals surface area contributed by atoms with Gasteiger partial charge in [0.15, 0.2) is 6.10 Å². The molecule has 1 atom stereocenters. The minimum atomic E-state index is -0.735. The van der Waals surface area contributed by atoms with Crippen LogP contribution in [-0.4, -0.2) is 45.7 Å². The number of amides is 2. The van der Waals surface area contributed by atoms with Crippen LogP contribution in [0.15, 0.2) is 42.5 Å². The van der Waals surface area contributed by atoms with Crippen LogP contribution in [-0.2, 0) is 16.0 Å². The molecule has 1 heterocycles. The summed E-state index contributed by atoms with van der Waals surface area (Å²) in [4.78, 5) is 26.7. The molecule has 28 heavy (non-hydrogen) atoms. The zero-order chi connectivity index (χ0) is 20.1. The van der Waals surface area contributed by atoms with E-state index < -0.39 is 6.10 Å². The van der Waals surface area contributed by atoms with Crippen molar-refractivity contribution in [3.63, 3.8) is 0 Å². The SMILES string of the molecule is CNC(=O)[C@@H]1CN(C(=O)CCc2cc(OC)cc(OC)c2)c2ccccc2O1. The predicted molar refractivity (Wildman–Crippen MR) is 105 cm³/mol. The maximum atomic E-state index is 13.0. The number of anilines is 1. The molecule has 2 aromatic carbocycles. The summed E-state index contributed by atoms with van der Waals surface area (Å²) >= 11 is 0. The van der Waals surface area contributed by atoms with Crippen LogP contribution in [0, 0.1) is 0 Å². The van der Waals surface area contributed by atoms with Crippen molar-refractivity contribution in [2.45, 2.75) is 18.9 Å². The molecule has 3 rings (SSSR count). The second kappa shape index (κ2) is 8.65. The quantitative estimate of drug-likeness (QED) is 0.826. The van der Waals surface area contributed by atoms with E-state index in [2.05, 4.69) is 5.32 Å². The Morgan fingerprint density at radius 3 is 2.46 bits per heavy atom. The van der Waals surface area contributed by atoms with Crippen molar-refractivity contribution in [2.75, 3.05) is 32.7 Å². The number of aryl methyl sites for hydroxylation is 1. The Morgan fingerprint density at radius 1 is 1.14 bits per heavy atom. The van der Waals surface area contributed by atoms with E-state index in [9.17, 15) is 9.59 Å². The molecule has 0 saturated heterocycles. The fourth-order valence-corrected chi connectivity index (χ4v) is 3.17. The minimum Gasteiger partial charge on any atom is -0.497 e. The number of nitrogens with zero attached hydrogens (tertiary/aromatic N) is 1. The summed E-state index contributed by atoms with van der Waals surface area (Å²) in [5.41, 5.74) is 1.62. The van der Waals surface area contributed by atoms with E-state index in [1.165, 1.54) is 0 Å². The van der Waals surface area contributed by atoms with Gasteiger partial charge in [-0.05, 0) is 36.2 Å². The van der Waals surface area contributed by atoms with Gasteiger partial charge in [0.25, 0.3) is 5.91 Å². The Hall–Kier alpha value is -3.22. The molecular weight excluding hydrogens is 360 g/mol. The first kappa shape index (κ1) is 19.5. The second-order valence-corrected chi connectivity index (χ2v) is 6.41. The van der Waals surface area contributed by atoms with E-state index in [1.807, 2.05) is 30.3 Å². The third kappa shape index (κ3) is 4.19. The summed E-state index contributed by atoms with van der Waals surface area (Å²) in [6.07, 6.45) is 0.0718. The van der Waals surface area contributed by atoms with Gasteiger partial charge in [-0.25, -0.2) is 0 Å². The zero-order valence-electron chi connectivity index (χ0n) is 16.2. The Balaban J connectivity index is 1.77. The molecule has 0 bridgehead atoms. The number of hydrogen-bond donors (Lipinski definition) is 1. The molecule has 148 valence electrons. The lowest BCUT2D eigenvalue weighted by molar-refractivity contribution is -0.127. The first-order chi connectivity index (χ1) is 13.5. The normalized spacial score (nSPS) is 15.2. The Morgan fingerprint density at radius 2 is 1.82 bits per heavy atom. The lowest BCUT2D eigenvalue weighted by Crippen LogP contribution is -2.50. The van der Waals surface area contributed by atoms with Crippen LogP contribution in [0.2, 0.25) is 0 Å². The standard InChI is InChI=1S/C21H24N2O5/c1-22-21(25)19-13-23(17-6-4-5-7-18(17)28-19)20(24)9-8-14-10-15(26-2)12-16(11-14)27-3/h4-7,10-12,19H,8-9,13H2,1-3H3,(H,22,25)/t19-/m0/s1. The van der Waals surface area contributed by atoms with E-state index in [1.54, 1.807) is 38.3 Å². The van der Waals surface area contributed by atoms with Gasteiger partial charge in [-0.15, -0.1) is 0 Å². The van der Waals surface area contributed by atoms with Crippen molar-refractivity contribution in [1.29, 1.82) is 0 Å². The zero-order valence-corrected chi connectivity index (χ0v) is 16.2. The number of methoxy groups -OCH3 is 2. The largest absolute Gasteiger partial charge is 0.497 e. The van der Waals surface area contributed by atoms with Crippen molar-refractivity contribution in [3.05, 3.63) is 48.0 Å². The van der Waals surface area contributed by atoms with E-state index in [4.69, 9.17) is 14.2 Å². The highest BCUT2D eigenvalue weighted by Gasteiger charge is 2.33. The van der Waals surface area contributed by atoms with Crippen molar-refractivity contribution < 1.29 is 23.8 Å². The fourth-order valence-electron chi connectivity index (χ4n) is 3.17. The molecule has 0 fully saturated rings. The molecule has 0 spiro atoms. The number of ether oxygens (including phenoxy) is 3. The lowest BCUT2D eigenvalue weighted by atomic mass is 10.1. The third-order valence-corrected chi connectivity index (χ3v) is 4.65. The number of para-hydroxylation sites is 2. The Kier molecular flexibility index (Phi) is 6.03. The Bertz CT molecular complexity index is 845. The van der Waals surface area contributed by atoms with Crippen LogP contribution in [0.5, 0.6) is 17.2 Å². The number of fused-ring (bicyclic) bond motifs is 1. The molecule has 0 radical (unpaired) electrons. The molecule has 1 aliphatic rings. The van der Waals surface area contributed by atoms with Crippen molar-refractivity contribution in [2.24, 2.45) is 0 Å². The summed E-state index contributed by atoms with van der Waals surface area (Å²) < 4.78 is 16.3. The summed E-state index contributed by atoms with van der Waals surface area (Å²) in [5, 5.41) is 2.58. The molecule has 0 saturated carbocycles. The van der Waals surface area contributed by atoms with Gasteiger partial charge in [-0.2, -0.15) is 0 Å². The summed E-state index contributed by atoms with van der Waals surface area (Å²) in [6, 6.07) is 12.8. The van der Waals surface area contributed by atoms with E-state index in [-0.39, 0.29) is 24.8 Å². The number of nitrogens with one attached hydrogen (secondary N) is 1. The average Bonchev–Trinajstić information content (AvgIpc) is 2.75. The highest BCUT2D eigenvalue weighted by molar-refractivity contribution is 5.97. The third-order valence-electron chi connectivity index (χ3n) is 4.65. The number of carbonyl (C=O) groups is 2. The number of benzene rings is 2. The summed E-state index contributed by atoms with van der Waals surface area (Å²) in [5.74, 6) is 1.55. The highest BCUT2D eigenvalue weighted by atomic mass is 16.5. The van der Waals surface area contributed by atoms with Crippen LogP contribution in [0.3, 0.4) is 0 Å². The van der Waals surface area contributed by atoms with Crippen LogP contribution >= 0.6 is 0 Å². The van der Waals surface area contributed by atoms with Gasteiger partial charge in [0.1, 0.15) is 17.2 Å². The highest BCUT2D eigenvalue weighted by Crippen LogP contribution is 2.34. The van der Waals surface area contributed by atoms with Crippen LogP contribution in [0.4, 0.5) is 5.69 Å². The molecule has 0 aliphatic carbocycles. The van der Waals surface area contributed by atoms with Gasteiger partial charge < -0.3 is 24.4 Å². The van der Waals surface area contributed by atoms with Crippen molar-refractivity contribution >= 4 is 17.5 Å². The van der Waals surface area contributed by atoms with Crippen LogP contribution < -0.4 is 24.4 Å². The molecular formula is C21H24N2O5. The molecule has 2 amide bonds. The second-order valence-electron chi connectivity index (χ2n) is 6.41. The van der Waals surface area contributed by atoms with Crippen molar-refractivity contribution in [3.8, 4) is 17.2 Å². The molecule has 0 unspecified atom stereocenters. The van der Waals surface area contributed by atoms with Gasteiger partial charge >= 0.3 is 0 Å². The van der Waals surface area contributed by atoms with Gasteiger partial charge in [-0.3, -0.25) is 9.59 Å².